The largest absolute Gasteiger partial charge is 0.418 e. The van der Waals surface area contributed by atoms with E-state index in [9.17, 15) is 37.1 Å². The molecular weight excluding hydrogens is 1060 g/mol. The molecule has 0 bridgehead atoms. The molecule has 1 unspecified atom stereocenters. The van der Waals surface area contributed by atoms with E-state index < -0.39 is 41.4 Å². The van der Waals surface area contributed by atoms with Crippen LogP contribution in [0.3, 0.4) is 0 Å². The Balaban J connectivity index is 0.586. The lowest BCUT2D eigenvalue weighted by Gasteiger charge is -2.37. The summed E-state index contributed by atoms with van der Waals surface area (Å²) in [7, 11) is 0. The van der Waals surface area contributed by atoms with Gasteiger partial charge in [0.15, 0.2) is 5.65 Å². The molecule has 5 aromatic heterocycles. The van der Waals surface area contributed by atoms with Crippen LogP contribution in [0, 0.1) is 24.7 Å². The molecule has 5 aliphatic heterocycles. The first-order chi connectivity index (χ1) is 39.6. The highest BCUT2D eigenvalue weighted by molar-refractivity contribution is 6.25. The van der Waals surface area contributed by atoms with Crippen molar-refractivity contribution in [3.8, 4) is 28.8 Å². The highest BCUT2D eigenvalue weighted by atomic mass is 19.4. The summed E-state index contributed by atoms with van der Waals surface area (Å²) in [5.41, 5.74) is 10.4. The maximum atomic E-state index is 14.8. The molecule has 0 aliphatic carbocycles. The number of amides is 5. The molecule has 4 fully saturated rings. The number of piperidine rings is 3. The molecule has 23 heteroatoms. The minimum atomic E-state index is -4.61. The molecule has 20 nitrogen and oxygen atoms in total. The minimum Gasteiger partial charge on any atom is -0.384 e. The van der Waals surface area contributed by atoms with Crippen LogP contribution in [0.15, 0.2) is 97.6 Å². The van der Waals surface area contributed by atoms with Crippen molar-refractivity contribution in [1.82, 2.24) is 54.3 Å². The van der Waals surface area contributed by atoms with E-state index in [4.69, 9.17) is 15.7 Å². The number of hydrogen-bond donors (Lipinski definition) is 3. The number of halogens is 3. The van der Waals surface area contributed by atoms with Gasteiger partial charge in [0.05, 0.1) is 41.2 Å². The lowest BCUT2D eigenvalue weighted by molar-refractivity contribution is -0.138. The number of nitrogens with one attached hydrogen (secondary N) is 2. The van der Waals surface area contributed by atoms with Gasteiger partial charge in [0.25, 0.3) is 11.8 Å². The van der Waals surface area contributed by atoms with E-state index in [0.717, 1.165) is 53.1 Å². The molecule has 0 saturated carbocycles. The number of imide groups is 2. The maximum absolute atomic E-state index is 14.8. The van der Waals surface area contributed by atoms with Crippen molar-refractivity contribution < 1.29 is 37.1 Å². The Morgan fingerprint density at radius 3 is 2.38 bits per heavy atom. The zero-order valence-corrected chi connectivity index (χ0v) is 44.9. The Bertz CT molecular complexity index is 3710. The molecule has 2 aromatic carbocycles. The molecule has 0 spiro atoms. The van der Waals surface area contributed by atoms with Crippen LogP contribution in [0.1, 0.15) is 87.8 Å². The molecule has 7 aromatic rings. The Labute approximate surface area is 469 Å². The Morgan fingerprint density at radius 1 is 0.829 bits per heavy atom. The number of rotatable bonds is 11. The molecule has 4 saturated heterocycles. The van der Waals surface area contributed by atoms with E-state index in [0.29, 0.717) is 105 Å². The predicted octanol–water partition coefficient (Wildman–Crippen LogP) is 6.25. The van der Waals surface area contributed by atoms with Gasteiger partial charge in [-0.15, -0.1) is 0 Å². The number of imidazole rings is 1. The molecule has 1 atom stereocenters. The molecule has 82 heavy (non-hydrogen) atoms. The zero-order valence-electron chi connectivity index (χ0n) is 44.9. The predicted molar refractivity (Wildman–Crippen MR) is 298 cm³/mol. The van der Waals surface area contributed by atoms with Crippen LogP contribution in [-0.2, 0) is 27.1 Å². The fourth-order valence-electron chi connectivity index (χ4n) is 11.9. The van der Waals surface area contributed by atoms with E-state index >= 15 is 0 Å². The van der Waals surface area contributed by atoms with Crippen LogP contribution in [-0.4, -0.2) is 143 Å². The van der Waals surface area contributed by atoms with Gasteiger partial charge in [-0.3, -0.25) is 48.3 Å². The van der Waals surface area contributed by atoms with Crippen molar-refractivity contribution in [3.05, 3.63) is 131 Å². The maximum Gasteiger partial charge on any atom is 0.418 e. The van der Waals surface area contributed by atoms with E-state index in [2.05, 4.69) is 47.3 Å². The van der Waals surface area contributed by atoms with Crippen LogP contribution in [0.25, 0.3) is 28.1 Å². The first kappa shape index (κ1) is 53.5. The van der Waals surface area contributed by atoms with Gasteiger partial charge in [-0.2, -0.15) is 18.3 Å². The topological polar surface area (TPSA) is 226 Å². The standard InChI is InChI=1S/C59H58F3N15O5/c1-36-68-47-10-9-45(40-15-20-64-50(63)30-40)69-54(47)76(36)42-8-11-48(44(31-42)59(60,61)62)72-28-26-71(27-29-72)21-3-4-37-7-13-51(66-32-37)73-22-16-39(17-23-73)56(80)74-24-18-41(19-25-74)75-35-38(34-67-75)33-65-46-6-2-5-43-53(46)58(82)77(57(43)81)49-12-14-52(78)70-55(49)79/h2,5-11,13,15,20,30-32,34-35,39,41,49,65H,12,14,16-19,21-29,33H2,1H3,(H2,63,64)(H,70,78,79). The summed E-state index contributed by atoms with van der Waals surface area (Å²) < 4.78 is 48.0. The third kappa shape index (κ3) is 10.7. The summed E-state index contributed by atoms with van der Waals surface area (Å²) in [5.74, 6) is 5.98. The number of carbonyl (C=O) groups excluding carboxylic acids is 5. The zero-order chi connectivity index (χ0) is 56.8. The third-order valence-electron chi connectivity index (χ3n) is 16.2. The van der Waals surface area contributed by atoms with Crippen molar-refractivity contribution >= 4 is 63.7 Å². The van der Waals surface area contributed by atoms with Gasteiger partial charge >= 0.3 is 6.18 Å². The highest BCUT2D eigenvalue weighted by Gasteiger charge is 2.46. The van der Waals surface area contributed by atoms with Crippen molar-refractivity contribution in [3.63, 3.8) is 0 Å². The highest BCUT2D eigenvalue weighted by Crippen LogP contribution is 2.40. The van der Waals surface area contributed by atoms with E-state index in [1.807, 2.05) is 27.9 Å². The van der Waals surface area contributed by atoms with E-state index in [1.54, 1.807) is 89.6 Å². The fraction of sp³-hybridized carbons (Fsp3) is 0.356. The molecule has 10 heterocycles. The minimum absolute atomic E-state index is 0.0436. The van der Waals surface area contributed by atoms with Crippen LogP contribution in [0.5, 0.6) is 0 Å². The van der Waals surface area contributed by atoms with Crippen molar-refractivity contribution in [2.75, 3.05) is 79.8 Å². The SMILES string of the molecule is Cc1nc2ccc(-c3ccnc(N)c3)nc2n1-c1ccc(N2CCN(CC#Cc3ccc(N4CCC(C(=O)N5CCC(n6cc(CNc7cccc8c7C(=O)N(C7CCC(=O)NC7=O)C8=O)cn6)CC5)CC4)nc3)CC2)c(C(F)(F)F)c1. The van der Waals surface area contributed by atoms with Gasteiger partial charge in [0.1, 0.15) is 29.0 Å². The smallest absolute Gasteiger partial charge is 0.384 e. The normalized spacial score (nSPS) is 18.5. The lowest BCUT2D eigenvalue weighted by atomic mass is 9.93. The summed E-state index contributed by atoms with van der Waals surface area (Å²) in [6, 6.07) is 19.4. The Morgan fingerprint density at radius 2 is 1.63 bits per heavy atom. The number of fused-ring (bicyclic) bond motifs is 2. The number of piperazine rings is 1. The van der Waals surface area contributed by atoms with Gasteiger partial charge in [-0.25, -0.2) is 19.9 Å². The Hall–Kier alpha value is -9.17. The average Bonchev–Trinajstić information content (AvgIpc) is 3.89. The summed E-state index contributed by atoms with van der Waals surface area (Å²) in [6.45, 7) is 7.08. The number of nitrogens with zero attached hydrogens (tertiary/aromatic N) is 12. The molecule has 0 radical (unpaired) electrons. The van der Waals surface area contributed by atoms with Gasteiger partial charge in [0.2, 0.25) is 17.7 Å². The Kier molecular flexibility index (Phi) is 14.4. The summed E-state index contributed by atoms with van der Waals surface area (Å²) in [6.07, 6.45) is 5.53. The van der Waals surface area contributed by atoms with Gasteiger partial charge in [0, 0.05) is 124 Å². The number of pyridine rings is 3. The summed E-state index contributed by atoms with van der Waals surface area (Å²) in [5, 5.41) is 10.1. The third-order valence-corrected chi connectivity index (χ3v) is 16.2. The van der Waals surface area contributed by atoms with Crippen LogP contribution in [0.2, 0.25) is 0 Å². The molecule has 12 rings (SSSR count). The molecule has 5 aliphatic rings. The number of aromatic nitrogens is 7. The van der Waals surface area contributed by atoms with Crippen molar-refractivity contribution in [2.45, 2.75) is 70.3 Å². The van der Waals surface area contributed by atoms with Crippen LogP contribution >= 0.6 is 0 Å². The quantitative estimate of drug-likeness (QED) is 0.0962. The van der Waals surface area contributed by atoms with Crippen molar-refractivity contribution in [1.29, 1.82) is 0 Å². The number of hydrogen-bond acceptors (Lipinski definition) is 15. The van der Waals surface area contributed by atoms with Gasteiger partial charge in [-0.05, 0) is 106 Å². The second-order valence-corrected chi connectivity index (χ2v) is 21.3. The monoisotopic (exact) mass is 1110 g/mol. The number of nitrogen functional groups attached to an aromatic ring is 1. The molecule has 4 N–H and O–H groups in total. The number of benzene rings is 2. The van der Waals surface area contributed by atoms with Crippen LogP contribution in [0.4, 0.5) is 36.2 Å². The number of carbonyl (C=O) groups is 5. The number of anilines is 4. The van der Waals surface area contributed by atoms with Crippen LogP contribution < -0.4 is 26.2 Å². The lowest BCUT2D eigenvalue weighted by Crippen LogP contribution is -2.54. The van der Waals surface area contributed by atoms with Crippen molar-refractivity contribution in [2.24, 2.45) is 5.92 Å². The summed E-state index contributed by atoms with van der Waals surface area (Å²) in [4.78, 5) is 92.0. The van der Waals surface area contributed by atoms with E-state index in [-0.39, 0.29) is 47.5 Å². The first-order valence-electron chi connectivity index (χ1n) is 27.5. The number of nitrogens with two attached hydrogens (primary N) is 1. The molecular formula is C59H58F3N15O5. The molecule has 420 valence electrons. The second kappa shape index (κ2) is 22.1. The average molecular weight is 1110 g/mol. The number of likely N-dealkylation sites (tertiary alicyclic amines) is 1. The number of aryl methyl sites for hydroxylation is 1. The first-order valence-corrected chi connectivity index (χ1v) is 27.5. The second-order valence-electron chi connectivity index (χ2n) is 21.3. The summed E-state index contributed by atoms with van der Waals surface area (Å²) >= 11 is 0. The fourth-order valence-corrected chi connectivity index (χ4v) is 11.9. The molecule has 5 amide bonds. The number of alkyl halides is 3. The van der Waals surface area contributed by atoms with E-state index in [1.165, 1.54) is 6.07 Å². The van der Waals surface area contributed by atoms with Gasteiger partial charge < -0.3 is 25.8 Å². The van der Waals surface area contributed by atoms with Gasteiger partial charge in [-0.1, -0.05) is 17.9 Å².